The van der Waals surface area contributed by atoms with Crippen LogP contribution < -0.4 is 21.9 Å². The Morgan fingerprint density at radius 3 is 2.50 bits per heavy atom. The third-order valence-corrected chi connectivity index (χ3v) is 2.78. The van der Waals surface area contributed by atoms with Crippen LogP contribution in [0.25, 0.3) is 0 Å². The molecule has 0 spiro atoms. The molecule has 0 aromatic rings. The number of hydrogen-bond donors (Lipinski definition) is 4. The molecule has 1 saturated carbocycles. The van der Waals surface area contributed by atoms with Crippen molar-refractivity contribution in [1.29, 1.82) is 5.26 Å². The molecule has 0 heterocycles. The topological polar surface area (TPSA) is 120 Å². The van der Waals surface area contributed by atoms with Gasteiger partial charge in [-0.15, -0.1) is 0 Å². The Labute approximate surface area is 105 Å². The van der Waals surface area contributed by atoms with E-state index in [0.717, 1.165) is 31.9 Å². The van der Waals surface area contributed by atoms with Crippen LogP contribution in [0, 0.1) is 11.3 Å². The molecule has 0 saturated heterocycles. The van der Waals surface area contributed by atoms with Crippen molar-refractivity contribution in [2.24, 2.45) is 5.84 Å². The Morgan fingerprint density at radius 1 is 1.28 bits per heavy atom. The standard InChI is InChI=1S/C11H17N5O2/c12-6-8(10(17)16-13)7-14-11(18)15-9-4-2-1-3-5-9/h7,9H,1-5,13H2,(H,16,17)(H2,14,15,18)/b8-7-. The van der Waals surface area contributed by atoms with Crippen LogP contribution in [0.15, 0.2) is 11.8 Å². The van der Waals surface area contributed by atoms with Gasteiger partial charge in [0.2, 0.25) is 0 Å². The summed E-state index contributed by atoms with van der Waals surface area (Å²) in [5.74, 6) is 4.14. The Morgan fingerprint density at radius 2 is 1.94 bits per heavy atom. The van der Waals surface area contributed by atoms with E-state index in [1.54, 1.807) is 6.07 Å². The number of nitrogens with two attached hydrogens (primary N) is 1. The summed E-state index contributed by atoms with van der Waals surface area (Å²) in [6.45, 7) is 0. The zero-order valence-corrected chi connectivity index (χ0v) is 10.0. The summed E-state index contributed by atoms with van der Waals surface area (Å²) < 4.78 is 0. The largest absolute Gasteiger partial charge is 0.335 e. The second-order valence-electron chi connectivity index (χ2n) is 4.10. The maximum Gasteiger partial charge on any atom is 0.319 e. The van der Waals surface area contributed by atoms with Crippen molar-refractivity contribution in [1.82, 2.24) is 16.1 Å². The number of nitrogens with zero attached hydrogens (tertiary/aromatic N) is 1. The summed E-state index contributed by atoms with van der Waals surface area (Å²) in [7, 11) is 0. The lowest BCUT2D eigenvalue weighted by atomic mass is 9.96. The Balaban J connectivity index is 2.41. The van der Waals surface area contributed by atoms with Crippen molar-refractivity contribution in [3.63, 3.8) is 0 Å². The van der Waals surface area contributed by atoms with Gasteiger partial charge in [-0.25, -0.2) is 10.6 Å². The fourth-order valence-electron chi connectivity index (χ4n) is 1.84. The highest BCUT2D eigenvalue weighted by Crippen LogP contribution is 2.17. The monoisotopic (exact) mass is 251 g/mol. The number of nitriles is 1. The van der Waals surface area contributed by atoms with Crippen molar-refractivity contribution in [2.45, 2.75) is 38.1 Å². The number of hydrogen-bond acceptors (Lipinski definition) is 4. The summed E-state index contributed by atoms with van der Waals surface area (Å²) in [4.78, 5) is 22.6. The lowest BCUT2D eigenvalue weighted by Crippen LogP contribution is -2.41. The highest BCUT2D eigenvalue weighted by Gasteiger charge is 2.15. The van der Waals surface area contributed by atoms with Crippen molar-refractivity contribution < 1.29 is 9.59 Å². The van der Waals surface area contributed by atoms with E-state index in [1.807, 2.05) is 5.43 Å². The quantitative estimate of drug-likeness (QED) is 0.186. The van der Waals surface area contributed by atoms with Crippen LogP contribution in [0.5, 0.6) is 0 Å². The molecular weight excluding hydrogens is 234 g/mol. The molecule has 0 bridgehead atoms. The summed E-state index contributed by atoms with van der Waals surface area (Å²) >= 11 is 0. The number of nitrogens with one attached hydrogen (secondary N) is 3. The third kappa shape index (κ3) is 4.43. The molecule has 98 valence electrons. The molecule has 18 heavy (non-hydrogen) atoms. The SMILES string of the molecule is N#C/C(=C/NC(=O)NC1CCCCC1)C(=O)NN. The van der Waals surface area contributed by atoms with E-state index < -0.39 is 11.9 Å². The molecule has 7 nitrogen and oxygen atoms in total. The van der Waals surface area contributed by atoms with Gasteiger partial charge in [-0.1, -0.05) is 19.3 Å². The number of hydrazine groups is 1. The molecule has 1 aliphatic carbocycles. The van der Waals surface area contributed by atoms with E-state index >= 15 is 0 Å². The van der Waals surface area contributed by atoms with Crippen LogP contribution >= 0.6 is 0 Å². The molecule has 5 N–H and O–H groups in total. The first-order valence-corrected chi connectivity index (χ1v) is 5.85. The van der Waals surface area contributed by atoms with Gasteiger partial charge in [0, 0.05) is 12.2 Å². The van der Waals surface area contributed by atoms with E-state index in [2.05, 4.69) is 10.6 Å². The highest BCUT2D eigenvalue weighted by atomic mass is 16.2. The summed E-state index contributed by atoms with van der Waals surface area (Å²) in [5.41, 5.74) is 1.57. The molecule has 0 atom stereocenters. The minimum atomic E-state index is -0.740. The van der Waals surface area contributed by atoms with Gasteiger partial charge in [-0.2, -0.15) is 5.26 Å². The molecule has 0 aromatic heterocycles. The highest BCUT2D eigenvalue weighted by molar-refractivity contribution is 5.97. The van der Waals surface area contributed by atoms with Crippen LogP contribution in [0.3, 0.4) is 0 Å². The van der Waals surface area contributed by atoms with Crippen molar-refractivity contribution in [3.8, 4) is 6.07 Å². The van der Waals surface area contributed by atoms with E-state index in [4.69, 9.17) is 11.1 Å². The summed E-state index contributed by atoms with van der Waals surface area (Å²) in [6, 6.07) is 1.39. The average molecular weight is 251 g/mol. The van der Waals surface area contributed by atoms with Gasteiger partial charge in [0.25, 0.3) is 5.91 Å². The number of urea groups is 1. The van der Waals surface area contributed by atoms with Gasteiger partial charge in [0.05, 0.1) is 0 Å². The Bertz CT molecular complexity index is 379. The van der Waals surface area contributed by atoms with Gasteiger partial charge >= 0.3 is 6.03 Å². The van der Waals surface area contributed by atoms with Gasteiger partial charge in [-0.3, -0.25) is 10.2 Å². The molecule has 7 heteroatoms. The smallest absolute Gasteiger partial charge is 0.319 e. The molecule has 0 unspecified atom stereocenters. The molecule has 1 rings (SSSR count). The first-order chi connectivity index (χ1) is 8.67. The van der Waals surface area contributed by atoms with Crippen molar-refractivity contribution in [2.75, 3.05) is 0 Å². The number of carbonyl (C=O) groups excluding carboxylic acids is 2. The number of carbonyl (C=O) groups is 2. The molecule has 1 aliphatic rings. The second-order valence-corrected chi connectivity index (χ2v) is 4.10. The van der Waals surface area contributed by atoms with E-state index in [1.165, 1.54) is 6.42 Å². The second kappa shape index (κ2) is 7.29. The normalized spacial score (nSPS) is 16.6. The lowest BCUT2D eigenvalue weighted by molar-refractivity contribution is -0.117. The van der Waals surface area contributed by atoms with Crippen LogP contribution in [-0.2, 0) is 4.79 Å². The maximum atomic E-state index is 11.5. The molecule has 0 radical (unpaired) electrons. The fourth-order valence-corrected chi connectivity index (χ4v) is 1.84. The Kier molecular flexibility index (Phi) is 5.67. The predicted octanol–water partition coefficient (Wildman–Crippen LogP) is 0.0157. The lowest BCUT2D eigenvalue weighted by Gasteiger charge is -2.22. The third-order valence-electron chi connectivity index (χ3n) is 2.78. The van der Waals surface area contributed by atoms with Crippen LogP contribution in [0.1, 0.15) is 32.1 Å². The molecule has 3 amide bonds. The number of amides is 3. The van der Waals surface area contributed by atoms with Crippen LogP contribution in [0.2, 0.25) is 0 Å². The van der Waals surface area contributed by atoms with Gasteiger partial charge < -0.3 is 10.6 Å². The van der Waals surface area contributed by atoms with E-state index in [-0.39, 0.29) is 11.6 Å². The van der Waals surface area contributed by atoms with Gasteiger partial charge in [0.15, 0.2) is 0 Å². The average Bonchev–Trinajstić information content (AvgIpc) is 2.40. The maximum absolute atomic E-state index is 11.5. The molecular formula is C11H17N5O2. The summed E-state index contributed by atoms with van der Waals surface area (Å²) in [5, 5.41) is 13.8. The Hall–Kier alpha value is -2.07. The van der Waals surface area contributed by atoms with E-state index in [9.17, 15) is 9.59 Å². The molecule has 0 aliphatic heterocycles. The fraction of sp³-hybridized carbons (Fsp3) is 0.545. The minimum Gasteiger partial charge on any atom is -0.335 e. The van der Waals surface area contributed by atoms with Crippen molar-refractivity contribution >= 4 is 11.9 Å². The van der Waals surface area contributed by atoms with Gasteiger partial charge in [-0.05, 0) is 12.8 Å². The van der Waals surface area contributed by atoms with Crippen molar-refractivity contribution in [3.05, 3.63) is 11.8 Å². The number of rotatable bonds is 3. The van der Waals surface area contributed by atoms with Gasteiger partial charge in [0.1, 0.15) is 11.6 Å². The first-order valence-electron chi connectivity index (χ1n) is 5.85. The van der Waals surface area contributed by atoms with Crippen LogP contribution in [-0.4, -0.2) is 18.0 Å². The summed E-state index contributed by atoms with van der Waals surface area (Å²) in [6.07, 6.45) is 6.39. The zero-order valence-electron chi connectivity index (χ0n) is 10.0. The first kappa shape index (κ1) is 14.0. The van der Waals surface area contributed by atoms with Crippen LogP contribution in [0.4, 0.5) is 4.79 Å². The molecule has 1 fully saturated rings. The predicted molar refractivity (Wildman–Crippen MR) is 64.6 cm³/mol. The van der Waals surface area contributed by atoms with E-state index in [0.29, 0.717) is 0 Å². The minimum absolute atomic E-state index is 0.168. The zero-order chi connectivity index (χ0) is 13.4. The molecule has 0 aromatic carbocycles.